The Hall–Kier alpha value is -4.86. The summed E-state index contributed by atoms with van der Waals surface area (Å²) in [5, 5.41) is 14.1. The molecule has 1 radical (unpaired) electrons. The molecule has 2 heterocycles. The molecule has 1 amide bonds. The Morgan fingerprint density at radius 2 is 1.72 bits per heavy atom. The minimum atomic E-state index is -3.58. The summed E-state index contributed by atoms with van der Waals surface area (Å²) in [6.07, 6.45) is 1.58. The molecule has 0 aliphatic heterocycles. The van der Waals surface area contributed by atoms with Crippen LogP contribution < -0.4 is 10.1 Å². The van der Waals surface area contributed by atoms with Gasteiger partial charge in [-0.1, -0.05) is 42.5 Å². The number of alkyl halides is 2. The second-order valence-corrected chi connectivity index (χ2v) is 7.62. The summed E-state index contributed by atoms with van der Waals surface area (Å²) in [6.45, 7) is 0. The first kappa shape index (κ1) is 22.9. The zero-order valence-electron chi connectivity index (χ0n) is 18.9. The number of nitrogens with zero attached hydrogens (tertiary/aromatic N) is 4. The number of hydrogen-bond donors (Lipinski definition) is 1. The number of ether oxygens (including phenoxy) is 1. The van der Waals surface area contributed by atoms with E-state index in [0.717, 1.165) is 17.8 Å². The Kier molecular flexibility index (Phi) is 5.99. The van der Waals surface area contributed by atoms with Crippen molar-refractivity contribution in [1.82, 2.24) is 20.0 Å². The number of carbonyl (C=O) groups is 1. The van der Waals surface area contributed by atoms with Gasteiger partial charge < -0.3 is 14.5 Å². The number of nitrogens with one attached hydrogen (secondary N) is 1. The van der Waals surface area contributed by atoms with Crippen LogP contribution in [0, 0.1) is 6.07 Å². The number of anilines is 1. The van der Waals surface area contributed by atoms with Crippen molar-refractivity contribution in [3.05, 3.63) is 108 Å². The topological polar surface area (TPSA) is 95.1 Å². The van der Waals surface area contributed by atoms with Crippen LogP contribution >= 0.6 is 0 Å². The smallest absolute Gasteiger partial charge is 0.349 e. The number of para-hydroxylation sites is 2. The molecule has 0 bridgehead atoms. The second kappa shape index (κ2) is 9.41. The Bertz CT molecular complexity index is 1500. The average molecular weight is 486 g/mol. The fraction of sp³-hybridized carbons (Fsp3) is 0.0769. The van der Waals surface area contributed by atoms with Gasteiger partial charge in [0.15, 0.2) is 5.82 Å². The van der Waals surface area contributed by atoms with Gasteiger partial charge in [-0.3, -0.25) is 4.79 Å². The number of amides is 1. The molecule has 1 N–H and O–H groups in total. The lowest BCUT2D eigenvalue weighted by Crippen LogP contribution is -2.17. The fourth-order valence-electron chi connectivity index (χ4n) is 3.48. The van der Waals surface area contributed by atoms with Crippen molar-refractivity contribution < 1.29 is 22.7 Å². The zero-order valence-corrected chi connectivity index (χ0v) is 18.9. The van der Waals surface area contributed by atoms with Crippen molar-refractivity contribution in [2.75, 3.05) is 12.4 Å². The van der Waals surface area contributed by atoms with Crippen LogP contribution in [0.4, 0.5) is 14.6 Å². The van der Waals surface area contributed by atoms with Gasteiger partial charge in [0.25, 0.3) is 17.7 Å². The maximum Gasteiger partial charge on any atom is 0.349 e. The number of halogens is 2. The largest absolute Gasteiger partial charge is 0.496 e. The SMILES string of the molecule is COc1ccccc1-c1nnc(C(F)(F)c2ccc(C(=O)Nc3[c]cn(-c4ccccc4)n3)cc2)o1. The van der Waals surface area contributed by atoms with Crippen molar-refractivity contribution >= 4 is 11.7 Å². The van der Waals surface area contributed by atoms with E-state index in [4.69, 9.17) is 9.15 Å². The van der Waals surface area contributed by atoms with Crippen LogP contribution in [0.25, 0.3) is 17.1 Å². The number of rotatable bonds is 7. The van der Waals surface area contributed by atoms with Gasteiger partial charge >= 0.3 is 5.92 Å². The molecule has 36 heavy (non-hydrogen) atoms. The highest BCUT2D eigenvalue weighted by Crippen LogP contribution is 2.37. The van der Waals surface area contributed by atoms with Gasteiger partial charge in [0.1, 0.15) is 5.75 Å². The standard InChI is InChI=1S/C26H18F2N5O3/c1-35-21-10-6-5-9-20(21)24-30-31-25(36-24)26(27,28)18-13-11-17(12-14-18)23(34)29-22-15-16-33(32-22)19-7-3-2-4-8-19/h2-14,16H,1H3,(H,29,32,34). The first-order valence-corrected chi connectivity index (χ1v) is 10.8. The molecular weight excluding hydrogens is 468 g/mol. The molecule has 8 nitrogen and oxygen atoms in total. The van der Waals surface area contributed by atoms with Crippen molar-refractivity contribution in [2.24, 2.45) is 0 Å². The van der Waals surface area contributed by atoms with Crippen LogP contribution in [-0.4, -0.2) is 33.0 Å². The maximum atomic E-state index is 15.1. The van der Waals surface area contributed by atoms with Gasteiger partial charge in [-0.25, -0.2) is 4.68 Å². The summed E-state index contributed by atoms with van der Waals surface area (Å²) in [5.41, 5.74) is 0.954. The summed E-state index contributed by atoms with van der Waals surface area (Å²) in [5.74, 6) is -4.45. The summed E-state index contributed by atoms with van der Waals surface area (Å²) in [4.78, 5) is 12.6. The van der Waals surface area contributed by atoms with Crippen LogP contribution in [-0.2, 0) is 5.92 Å². The van der Waals surface area contributed by atoms with Crippen molar-refractivity contribution in [2.45, 2.75) is 5.92 Å². The third kappa shape index (κ3) is 4.43. The Labute approximate surface area is 204 Å². The molecule has 0 spiro atoms. The van der Waals surface area contributed by atoms with Crippen molar-refractivity contribution in [3.8, 4) is 22.9 Å². The monoisotopic (exact) mass is 486 g/mol. The first-order chi connectivity index (χ1) is 17.5. The summed E-state index contributed by atoms with van der Waals surface area (Å²) in [7, 11) is 1.45. The molecule has 0 saturated heterocycles. The van der Waals surface area contributed by atoms with Gasteiger partial charge in [0.2, 0.25) is 0 Å². The summed E-state index contributed by atoms with van der Waals surface area (Å²) < 4.78 is 42.3. The lowest BCUT2D eigenvalue weighted by atomic mass is 10.1. The third-order valence-electron chi connectivity index (χ3n) is 5.32. The molecule has 2 aromatic heterocycles. The molecular formula is C26H18F2N5O3. The Balaban J connectivity index is 1.31. The molecule has 0 aliphatic rings. The summed E-state index contributed by atoms with van der Waals surface area (Å²) in [6, 6.07) is 23.7. The number of benzene rings is 3. The highest BCUT2D eigenvalue weighted by molar-refractivity contribution is 6.03. The molecule has 0 atom stereocenters. The summed E-state index contributed by atoms with van der Waals surface area (Å²) >= 11 is 0. The molecule has 5 rings (SSSR count). The molecule has 10 heteroatoms. The first-order valence-electron chi connectivity index (χ1n) is 10.8. The van der Waals surface area contributed by atoms with E-state index >= 15 is 8.78 Å². The minimum Gasteiger partial charge on any atom is -0.496 e. The van der Waals surface area contributed by atoms with E-state index in [1.54, 1.807) is 35.1 Å². The number of carbonyl (C=O) groups excluding carboxylic acids is 1. The maximum absolute atomic E-state index is 15.1. The normalized spacial score (nSPS) is 11.3. The van der Waals surface area contributed by atoms with E-state index < -0.39 is 23.3 Å². The predicted octanol–water partition coefficient (Wildman–Crippen LogP) is 5.12. The van der Waals surface area contributed by atoms with Crippen LogP contribution in [0.3, 0.4) is 0 Å². The fourth-order valence-corrected chi connectivity index (χ4v) is 3.48. The van der Waals surface area contributed by atoms with E-state index in [0.29, 0.717) is 11.3 Å². The van der Waals surface area contributed by atoms with Gasteiger partial charge in [0, 0.05) is 17.3 Å². The van der Waals surface area contributed by atoms with E-state index in [1.165, 1.54) is 19.2 Å². The molecule has 0 fully saturated rings. The van der Waals surface area contributed by atoms with Gasteiger partial charge in [-0.05, 0) is 36.4 Å². The van der Waals surface area contributed by atoms with Crippen molar-refractivity contribution in [1.29, 1.82) is 0 Å². The van der Waals surface area contributed by atoms with E-state index in [1.807, 2.05) is 30.3 Å². The van der Waals surface area contributed by atoms with Gasteiger partial charge in [0.05, 0.1) is 24.4 Å². The predicted molar refractivity (Wildman–Crippen MR) is 126 cm³/mol. The molecule has 5 aromatic rings. The lowest BCUT2D eigenvalue weighted by Gasteiger charge is -2.13. The third-order valence-corrected chi connectivity index (χ3v) is 5.32. The number of hydrogen-bond acceptors (Lipinski definition) is 6. The Morgan fingerprint density at radius 1 is 1.00 bits per heavy atom. The average Bonchev–Trinajstić information content (AvgIpc) is 3.60. The lowest BCUT2D eigenvalue weighted by molar-refractivity contribution is 0.0135. The van der Waals surface area contributed by atoms with Gasteiger partial charge in [-0.15, -0.1) is 15.3 Å². The number of aromatic nitrogens is 4. The minimum absolute atomic E-state index is 0.0932. The second-order valence-electron chi connectivity index (χ2n) is 7.62. The molecule has 0 saturated carbocycles. The van der Waals surface area contributed by atoms with Crippen LogP contribution in [0.15, 0.2) is 89.5 Å². The quantitative estimate of drug-likeness (QED) is 0.343. The van der Waals surface area contributed by atoms with E-state index in [2.05, 4.69) is 26.7 Å². The van der Waals surface area contributed by atoms with Gasteiger partial charge in [-0.2, -0.15) is 8.78 Å². The highest BCUT2D eigenvalue weighted by atomic mass is 19.3. The molecule has 0 unspecified atom stereocenters. The molecule has 0 aliphatic carbocycles. The van der Waals surface area contributed by atoms with Crippen LogP contribution in [0.5, 0.6) is 5.75 Å². The number of methoxy groups -OCH3 is 1. The van der Waals surface area contributed by atoms with E-state index in [9.17, 15) is 4.79 Å². The molecule has 3 aromatic carbocycles. The van der Waals surface area contributed by atoms with E-state index in [-0.39, 0.29) is 17.3 Å². The zero-order chi connectivity index (χ0) is 25.1. The highest BCUT2D eigenvalue weighted by Gasteiger charge is 2.40. The van der Waals surface area contributed by atoms with Crippen LogP contribution in [0.1, 0.15) is 21.8 Å². The van der Waals surface area contributed by atoms with Crippen LogP contribution in [0.2, 0.25) is 0 Å². The molecule has 179 valence electrons. The van der Waals surface area contributed by atoms with Crippen molar-refractivity contribution in [3.63, 3.8) is 0 Å². The Morgan fingerprint density at radius 3 is 2.47 bits per heavy atom.